The molecule has 1 N–H and O–H groups in total. The van der Waals surface area contributed by atoms with Crippen LogP contribution in [0.4, 0.5) is 0 Å². The van der Waals surface area contributed by atoms with E-state index in [9.17, 15) is 4.79 Å². The van der Waals surface area contributed by atoms with Crippen molar-refractivity contribution in [3.63, 3.8) is 0 Å². The molecule has 7 heteroatoms. The molecule has 1 aromatic heterocycles. The van der Waals surface area contributed by atoms with Gasteiger partial charge in [0.2, 0.25) is 0 Å². The Kier molecular flexibility index (Phi) is 7.29. The minimum absolute atomic E-state index is 0. The van der Waals surface area contributed by atoms with Gasteiger partial charge >= 0.3 is 0 Å². The van der Waals surface area contributed by atoms with Crippen molar-refractivity contribution in [2.75, 3.05) is 26.7 Å². The lowest BCUT2D eigenvalue weighted by Gasteiger charge is -2.31. The minimum atomic E-state index is 0. The van der Waals surface area contributed by atoms with E-state index in [1.165, 1.54) is 6.42 Å². The summed E-state index contributed by atoms with van der Waals surface area (Å²) in [4.78, 5) is 14.6. The van der Waals surface area contributed by atoms with Gasteiger partial charge in [0.05, 0.1) is 17.4 Å². The van der Waals surface area contributed by atoms with Crippen molar-refractivity contribution >= 4 is 29.9 Å². The highest BCUT2D eigenvalue weighted by Crippen LogP contribution is 2.22. The Hall–Kier alpha value is -1.56. The van der Waals surface area contributed by atoms with Gasteiger partial charge in [-0.05, 0) is 57.0 Å². The number of nitrogens with one attached hydrogen (secondary N) is 1. The molecule has 1 aromatic carbocycles. The summed E-state index contributed by atoms with van der Waals surface area (Å²) in [5, 5.41) is 8.15. The third kappa shape index (κ3) is 4.97. The highest BCUT2D eigenvalue weighted by atomic mass is 35.5. The van der Waals surface area contributed by atoms with Crippen molar-refractivity contribution in [3.05, 3.63) is 47.2 Å². The topological polar surface area (TPSA) is 50.2 Å². The summed E-state index contributed by atoms with van der Waals surface area (Å²) < 4.78 is 1.69. The number of aromatic nitrogens is 2. The molecule has 0 saturated carbocycles. The number of rotatable bonds is 5. The SMILES string of the molecule is CNCCC1CCN(C(=O)c2cnn(-c3cccc(Cl)c3)c2)CC1.Cl. The van der Waals surface area contributed by atoms with Crippen LogP contribution in [0.2, 0.25) is 5.02 Å². The summed E-state index contributed by atoms with van der Waals surface area (Å²) in [6.07, 6.45) is 6.76. The molecule has 0 aliphatic carbocycles. The van der Waals surface area contributed by atoms with E-state index in [0.717, 1.165) is 44.1 Å². The first-order chi connectivity index (χ1) is 11.7. The van der Waals surface area contributed by atoms with E-state index in [1.54, 1.807) is 17.1 Å². The fraction of sp³-hybridized carbons (Fsp3) is 0.444. The monoisotopic (exact) mass is 382 g/mol. The van der Waals surface area contributed by atoms with Gasteiger partial charge in [-0.2, -0.15) is 5.10 Å². The first-order valence-electron chi connectivity index (χ1n) is 8.42. The molecule has 0 unspecified atom stereocenters. The van der Waals surface area contributed by atoms with Gasteiger partial charge in [-0.15, -0.1) is 12.4 Å². The lowest BCUT2D eigenvalue weighted by Crippen LogP contribution is -2.38. The van der Waals surface area contributed by atoms with Crippen LogP contribution < -0.4 is 5.32 Å². The second-order valence-electron chi connectivity index (χ2n) is 6.28. The molecule has 2 heterocycles. The van der Waals surface area contributed by atoms with Crippen LogP contribution in [0.5, 0.6) is 0 Å². The van der Waals surface area contributed by atoms with Gasteiger partial charge in [0.1, 0.15) is 0 Å². The van der Waals surface area contributed by atoms with Crippen LogP contribution in [0.15, 0.2) is 36.7 Å². The largest absolute Gasteiger partial charge is 0.339 e. The van der Waals surface area contributed by atoms with Gasteiger partial charge in [0, 0.05) is 24.3 Å². The zero-order chi connectivity index (χ0) is 16.9. The predicted molar refractivity (Wildman–Crippen MR) is 103 cm³/mol. The Balaban J connectivity index is 0.00000225. The molecule has 5 nitrogen and oxygen atoms in total. The van der Waals surface area contributed by atoms with E-state index in [0.29, 0.717) is 10.6 Å². The van der Waals surface area contributed by atoms with Crippen LogP contribution >= 0.6 is 24.0 Å². The Morgan fingerprint density at radius 1 is 1.36 bits per heavy atom. The van der Waals surface area contributed by atoms with Crippen LogP contribution in [0.3, 0.4) is 0 Å². The summed E-state index contributed by atoms with van der Waals surface area (Å²) in [5.74, 6) is 0.783. The van der Waals surface area contributed by atoms with Crippen LogP contribution in [-0.4, -0.2) is 47.3 Å². The molecule has 1 aliphatic rings. The normalized spacial score (nSPS) is 15.0. The molecule has 0 radical (unpaired) electrons. The third-order valence-corrected chi connectivity index (χ3v) is 4.84. The van der Waals surface area contributed by atoms with Crippen molar-refractivity contribution in [2.45, 2.75) is 19.3 Å². The zero-order valence-corrected chi connectivity index (χ0v) is 15.9. The number of halogens is 2. The number of nitrogens with zero attached hydrogens (tertiary/aromatic N) is 3. The summed E-state index contributed by atoms with van der Waals surface area (Å²) in [6.45, 7) is 2.70. The summed E-state index contributed by atoms with van der Waals surface area (Å²) in [7, 11) is 1.98. The Bertz CT molecular complexity index is 696. The first-order valence-corrected chi connectivity index (χ1v) is 8.79. The van der Waals surface area contributed by atoms with E-state index in [-0.39, 0.29) is 18.3 Å². The molecule has 0 atom stereocenters. The smallest absolute Gasteiger partial charge is 0.257 e. The van der Waals surface area contributed by atoms with Gasteiger partial charge in [0.25, 0.3) is 5.91 Å². The molecule has 25 heavy (non-hydrogen) atoms. The van der Waals surface area contributed by atoms with Crippen molar-refractivity contribution in [1.29, 1.82) is 0 Å². The van der Waals surface area contributed by atoms with Gasteiger partial charge in [-0.25, -0.2) is 4.68 Å². The number of hydrogen-bond donors (Lipinski definition) is 1. The van der Waals surface area contributed by atoms with E-state index in [1.807, 2.05) is 36.2 Å². The number of piperidine rings is 1. The molecule has 2 aromatic rings. The van der Waals surface area contributed by atoms with Gasteiger partial charge < -0.3 is 10.2 Å². The number of carbonyl (C=O) groups is 1. The molecule has 136 valence electrons. The van der Waals surface area contributed by atoms with Crippen LogP contribution in [-0.2, 0) is 0 Å². The molecule has 0 bridgehead atoms. The average molecular weight is 383 g/mol. The molecule has 1 fully saturated rings. The maximum atomic E-state index is 12.7. The van der Waals surface area contributed by atoms with Crippen LogP contribution in [0.25, 0.3) is 5.69 Å². The van der Waals surface area contributed by atoms with E-state index < -0.39 is 0 Å². The van der Waals surface area contributed by atoms with Crippen molar-refractivity contribution in [3.8, 4) is 5.69 Å². The molecule has 0 spiro atoms. The molecule has 1 amide bonds. The quantitative estimate of drug-likeness (QED) is 0.861. The number of likely N-dealkylation sites (tertiary alicyclic amines) is 1. The van der Waals surface area contributed by atoms with E-state index in [4.69, 9.17) is 11.6 Å². The Labute approximate surface area is 159 Å². The fourth-order valence-electron chi connectivity index (χ4n) is 3.15. The standard InChI is InChI=1S/C18H23ClN4O.ClH/c1-20-8-5-14-6-9-22(10-7-14)18(24)15-12-21-23(13-15)17-4-2-3-16(19)11-17;/h2-4,11-14,20H,5-10H2,1H3;1H. The number of benzene rings is 1. The lowest BCUT2D eigenvalue weighted by molar-refractivity contribution is 0.0687. The second kappa shape index (κ2) is 9.22. The minimum Gasteiger partial charge on any atom is -0.339 e. The number of hydrogen-bond acceptors (Lipinski definition) is 3. The highest BCUT2D eigenvalue weighted by Gasteiger charge is 2.24. The predicted octanol–water partition coefficient (Wildman–Crippen LogP) is 3.41. The van der Waals surface area contributed by atoms with Gasteiger partial charge in [-0.3, -0.25) is 4.79 Å². The number of carbonyl (C=O) groups excluding carboxylic acids is 1. The van der Waals surface area contributed by atoms with Gasteiger partial charge in [-0.1, -0.05) is 17.7 Å². The molecular formula is C18H24Cl2N4O. The number of amides is 1. The van der Waals surface area contributed by atoms with E-state index in [2.05, 4.69) is 10.4 Å². The summed E-state index contributed by atoms with van der Waals surface area (Å²) in [6, 6.07) is 7.44. The molecule has 1 saturated heterocycles. The first kappa shape index (κ1) is 19.8. The maximum Gasteiger partial charge on any atom is 0.257 e. The molecule has 3 rings (SSSR count). The van der Waals surface area contributed by atoms with Crippen molar-refractivity contribution < 1.29 is 4.79 Å². The van der Waals surface area contributed by atoms with Crippen LogP contribution in [0, 0.1) is 5.92 Å². The van der Waals surface area contributed by atoms with Crippen LogP contribution in [0.1, 0.15) is 29.6 Å². The van der Waals surface area contributed by atoms with E-state index >= 15 is 0 Å². The Morgan fingerprint density at radius 2 is 2.12 bits per heavy atom. The fourth-order valence-corrected chi connectivity index (χ4v) is 3.33. The Morgan fingerprint density at radius 3 is 2.80 bits per heavy atom. The molecular weight excluding hydrogens is 359 g/mol. The zero-order valence-electron chi connectivity index (χ0n) is 14.3. The third-order valence-electron chi connectivity index (χ3n) is 4.61. The average Bonchev–Trinajstić information content (AvgIpc) is 3.10. The lowest BCUT2D eigenvalue weighted by atomic mass is 9.93. The maximum absolute atomic E-state index is 12.7. The highest BCUT2D eigenvalue weighted by molar-refractivity contribution is 6.30. The second-order valence-corrected chi connectivity index (χ2v) is 6.72. The summed E-state index contributed by atoms with van der Waals surface area (Å²) in [5.41, 5.74) is 1.48. The van der Waals surface area contributed by atoms with Crippen molar-refractivity contribution in [1.82, 2.24) is 20.0 Å². The van der Waals surface area contributed by atoms with Crippen molar-refractivity contribution in [2.24, 2.45) is 5.92 Å². The molecule has 1 aliphatic heterocycles. The summed E-state index contributed by atoms with van der Waals surface area (Å²) >= 11 is 6.01. The van der Waals surface area contributed by atoms with Gasteiger partial charge in [0.15, 0.2) is 0 Å².